The van der Waals surface area contributed by atoms with E-state index in [0.717, 1.165) is 18.2 Å². The number of hydrogen-bond acceptors (Lipinski definition) is 5. The number of hydrogen-bond donors (Lipinski definition) is 0. The van der Waals surface area contributed by atoms with Crippen LogP contribution in [0.25, 0.3) is 5.57 Å². The lowest BCUT2D eigenvalue weighted by Gasteiger charge is -2.23. The van der Waals surface area contributed by atoms with Gasteiger partial charge in [-0.25, -0.2) is 4.39 Å². The van der Waals surface area contributed by atoms with Gasteiger partial charge >= 0.3 is 5.51 Å². The number of rotatable bonds is 4. The number of para-hydroxylation sites is 2. The summed E-state index contributed by atoms with van der Waals surface area (Å²) in [5.74, 6) is 0.488. The molecule has 0 atom stereocenters. The first kappa shape index (κ1) is 20.4. The Labute approximate surface area is 168 Å². The molecule has 0 bridgehead atoms. The van der Waals surface area contributed by atoms with Crippen LogP contribution < -0.4 is 9.64 Å². The Bertz CT molecular complexity index is 954. The third-order valence-electron chi connectivity index (χ3n) is 3.94. The number of methoxy groups -OCH3 is 1. The third-order valence-corrected chi connectivity index (χ3v) is 5.75. The molecule has 28 heavy (non-hydrogen) atoms. The Kier molecular flexibility index (Phi) is 6.10. The van der Waals surface area contributed by atoms with Crippen LogP contribution in [0.15, 0.2) is 52.4 Å². The number of anilines is 1. The lowest BCUT2D eigenvalue weighted by Crippen LogP contribution is -2.18. The Hall–Kier alpha value is -2.31. The number of nitrogens with zero attached hydrogens (tertiary/aromatic N) is 2. The fraction of sp³-hybridized carbons (Fsp3) is 0.211. The average Bonchev–Trinajstić information content (AvgIpc) is 3.13. The first-order chi connectivity index (χ1) is 13.3. The van der Waals surface area contributed by atoms with Crippen LogP contribution in [-0.4, -0.2) is 24.9 Å². The summed E-state index contributed by atoms with van der Waals surface area (Å²) in [6, 6.07) is 12.2. The fourth-order valence-electron chi connectivity index (χ4n) is 2.82. The van der Waals surface area contributed by atoms with E-state index in [1.807, 2.05) is 23.1 Å². The standard InChI is InChI=1S/C19H14F4N2OS2/c1-26-17-5-3-2-4-16(17)25-8-9-27-18(25)14(11-24)13-10-12(6-7-15(13)20)28-19(21,22)23/h2-7,10H,8-9H2,1H3. The molecular weight excluding hydrogens is 412 g/mol. The van der Waals surface area contributed by atoms with Gasteiger partial charge in [-0.05, 0) is 42.1 Å². The number of halogens is 4. The van der Waals surface area contributed by atoms with Crippen LogP contribution in [0, 0.1) is 17.1 Å². The summed E-state index contributed by atoms with van der Waals surface area (Å²) in [6.45, 7) is 0.560. The second kappa shape index (κ2) is 8.37. The molecule has 0 unspecified atom stereocenters. The van der Waals surface area contributed by atoms with Gasteiger partial charge in [-0.3, -0.25) is 0 Å². The van der Waals surface area contributed by atoms with Crippen molar-refractivity contribution in [1.29, 1.82) is 5.26 Å². The highest BCUT2D eigenvalue weighted by atomic mass is 32.2. The van der Waals surface area contributed by atoms with E-state index in [-0.39, 0.29) is 27.8 Å². The molecule has 1 saturated heterocycles. The third kappa shape index (κ3) is 4.39. The number of ether oxygens (including phenoxy) is 1. The SMILES string of the molecule is COc1ccccc1N1CCSC1=C(C#N)c1cc(SC(F)(F)F)ccc1F. The van der Waals surface area contributed by atoms with Gasteiger partial charge in [0.2, 0.25) is 0 Å². The highest BCUT2D eigenvalue weighted by molar-refractivity contribution is 8.03. The fourth-order valence-corrected chi connectivity index (χ4v) is 4.51. The van der Waals surface area contributed by atoms with Crippen LogP contribution in [0.2, 0.25) is 0 Å². The molecule has 1 aliphatic rings. The zero-order valence-electron chi connectivity index (χ0n) is 14.6. The van der Waals surface area contributed by atoms with Crippen LogP contribution >= 0.6 is 23.5 Å². The van der Waals surface area contributed by atoms with E-state index in [0.29, 0.717) is 28.8 Å². The molecule has 3 nitrogen and oxygen atoms in total. The summed E-state index contributed by atoms with van der Waals surface area (Å²) >= 11 is 1.01. The lowest BCUT2D eigenvalue weighted by molar-refractivity contribution is -0.0328. The zero-order chi connectivity index (χ0) is 20.3. The van der Waals surface area contributed by atoms with Crippen molar-refractivity contribution < 1.29 is 22.3 Å². The molecule has 0 aliphatic carbocycles. The number of nitriles is 1. The predicted molar refractivity (Wildman–Crippen MR) is 104 cm³/mol. The monoisotopic (exact) mass is 426 g/mol. The Morgan fingerprint density at radius 2 is 2.00 bits per heavy atom. The van der Waals surface area contributed by atoms with Gasteiger partial charge in [0, 0.05) is 22.8 Å². The normalized spacial score (nSPS) is 16.1. The molecule has 9 heteroatoms. The number of benzene rings is 2. The largest absolute Gasteiger partial charge is 0.495 e. The van der Waals surface area contributed by atoms with Crippen LogP contribution in [0.5, 0.6) is 5.75 Å². The summed E-state index contributed by atoms with van der Waals surface area (Å²) in [5, 5.41) is 10.2. The van der Waals surface area contributed by atoms with E-state index in [4.69, 9.17) is 4.74 Å². The Morgan fingerprint density at radius 1 is 1.25 bits per heavy atom. The molecule has 0 amide bonds. The minimum Gasteiger partial charge on any atom is -0.495 e. The summed E-state index contributed by atoms with van der Waals surface area (Å²) in [7, 11) is 1.52. The van der Waals surface area contributed by atoms with E-state index < -0.39 is 11.3 Å². The van der Waals surface area contributed by atoms with Crippen molar-refractivity contribution in [2.75, 3.05) is 24.3 Å². The molecule has 3 rings (SSSR count). The average molecular weight is 426 g/mol. The molecule has 2 aromatic rings. The summed E-state index contributed by atoms with van der Waals surface area (Å²) in [4.78, 5) is 1.65. The van der Waals surface area contributed by atoms with Gasteiger partial charge in [0.1, 0.15) is 17.6 Å². The maximum Gasteiger partial charge on any atom is 0.446 e. The quantitative estimate of drug-likeness (QED) is 0.346. The van der Waals surface area contributed by atoms with Crippen LogP contribution in [-0.2, 0) is 0 Å². The molecule has 146 valence electrons. The van der Waals surface area contributed by atoms with Gasteiger partial charge in [0.25, 0.3) is 0 Å². The summed E-state index contributed by atoms with van der Waals surface area (Å²) in [6.07, 6.45) is 0. The lowest BCUT2D eigenvalue weighted by atomic mass is 10.1. The Balaban J connectivity index is 2.10. The van der Waals surface area contributed by atoms with Crippen LogP contribution in [0.4, 0.5) is 23.2 Å². The molecule has 1 aliphatic heterocycles. The van der Waals surface area contributed by atoms with Gasteiger partial charge < -0.3 is 9.64 Å². The van der Waals surface area contributed by atoms with Crippen LogP contribution in [0.1, 0.15) is 5.56 Å². The van der Waals surface area contributed by atoms with Crippen molar-refractivity contribution in [2.45, 2.75) is 10.4 Å². The number of thioether (sulfide) groups is 2. The first-order valence-electron chi connectivity index (χ1n) is 8.07. The second-order valence-electron chi connectivity index (χ2n) is 5.65. The summed E-state index contributed by atoms with van der Waals surface area (Å²) in [5.41, 5.74) is -3.95. The first-order valence-corrected chi connectivity index (χ1v) is 9.87. The molecule has 1 heterocycles. The van der Waals surface area contributed by atoms with Crippen molar-refractivity contribution in [3.63, 3.8) is 0 Å². The van der Waals surface area contributed by atoms with Crippen molar-refractivity contribution in [2.24, 2.45) is 0 Å². The van der Waals surface area contributed by atoms with E-state index >= 15 is 0 Å². The Morgan fingerprint density at radius 3 is 2.68 bits per heavy atom. The van der Waals surface area contributed by atoms with E-state index in [1.165, 1.54) is 18.9 Å². The van der Waals surface area contributed by atoms with E-state index in [1.54, 1.807) is 12.1 Å². The minimum absolute atomic E-state index is 0.00414. The van der Waals surface area contributed by atoms with Gasteiger partial charge in [0.05, 0.1) is 23.4 Å². The van der Waals surface area contributed by atoms with E-state index in [9.17, 15) is 22.8 Å². The van der Waals surface area contributed by atoms with Crippen LogP contribution in [0.3, 0.4) is 0 Å². The molecule has 0 N–H and O–H groups in total. The molecular formula is C19H14F4N2OS2. The number of alkyl halides is 3. The maximum absolute atomic E-state index is 14.4. The predicted octanol–water partition coefficient (Wildman–Crippen LogP) is 5.89. The molecule has 0 aromatic heterocycles. The second-order valence-corrected chi connectivity index (χ2v) is 7.88. The van der Waals surface area contributed by atoms with Crippen molar-refractivity contribution in [3.8, 4) is 11.8 Å². The highest BCUT2D eigenvalue weighted by Crippen LogP contribution is 2.43. The molecule has 0 saturated carbocycles. The molecule has 0 radical (unpaired) electrons. The molecule has 2 aromatic carbocycles. The molecule has 1 fully saturated rings. The number of allylic oxidation sites excluding steroid dienone is 1. The van der Waals surface area contributed by atoms with Gasteiger partial charge in [-0.2, -0.15) is 18.4 Å². The highest BCUT2D eigenvalue weighted by Gasteiger charge is 2.31. The molecule has 0 spiro atoms. The topological polar surface area (TPSA) is 36.3 Å². The zero-order valence-corrected chi connectivity index (χ0v) is 16.2. The summed E-state index contributed by atoms with van der Waals surface area (Å²) < 4.78 is 57.9. The van der Waals surface area contributed by atoms with Gasteiger partial charge in [0.15, 0.2) is 0 Å². The maximum atomic E-state index is 14.4. The van der Waals surface area contributed by atoms with Crippen molar-refractivity contribution >= 4 is 34.8 Å². The van der Waals surface area contributed by atoms with Crippen molar-refractivity contribution in [1.82, 2.24) is 0 Å². The minimum atomic E-state index is -4.50. The smallest absolute Gasteiger partial charge is 0.446 e. The van der Waals surface area contributed by atoms with Crippen molar-refractivity contribution in [3.05, 3.63) is 58.9 Å². The van der Waals surface area contributed by atoms with E-state index in [2.05, 4.69) is 0 Å². The van der Waals surface area contributed by atoms with Gasteiger partial charge in [-0.15, -0.1) is 11.8 Å². The van der Waals surface area contributed by atoms with Gasteiger partial charge in [-0.1, -0.05) is 12.1 Å².